The third-order valence-corrected chi connectivity index (χ3v) is 4.58. The van der Waals surface area contributed by atoms with Crippen LogP contribution >= 0.6 is 11.8 Å². The van der Waals surface area contributed by atoms with Gasteiger partial charge in [0.2, 0.25) is 5.91 Å². The molecule has 0 bridgehead atoms. The summed E-state index contributed by atoms with van der Waals surface area (Å²) in [5.74, 6) is 1.12. The summed E-state index contributed by atoms with van der Waals surface area (Å²) >= 11 is 1.73. The van der Waals surface area contributed by atoms with E-state index in [1.54, 1.807) is 11.8 Å². The number of thioether (sulfide) groups is 1. The van der Waals surface area contributed by atoms with Gasteiger partial charge in [0, 0.05) is 31.3 Å². The second-order valence-electron chi connectivity index (χ2n) is 5.69. The molecule has 0 spiro atoms. The lowest BCUT2D eigenvalue weighted by molar-refractivity contribution is -0.121. The van der Waals surface area contributed by atoms with Crippen LogP contribution in [-0.4, -0.2) is 48.5 Å². The first-order valence-electron chi connectivity index (χ1n) is 7.82. The number of piperidine rings is 1. The van der Waals surface area contributed by atoms with Crippen molar-refractivity contribution < 1.29 is 4.79 Å². The average molecular weight is 306 g/mol. The molecule has 0 radical (unpaired) electrons. The molecule has 1 aliphatic rings. The van der Waals surface area contributed by atoms with E-state index in [9.17, 15) is 4.79 Å². The quantitative estimate of drug-likeness (QED) is 0.840. The first kappa shape index (κ1) is 16.4. The fourth-order valence-electron chi connectivity index (χ4n) is 2.80. The summed E-state index contributed by atoms with van der Waals surface area (Å²) in [5.41, 5.74) is 1.39. The maximum Gasteiger partial charge on any atom is 0.221 e. The lowest BCUT2D eigenvalue weighted by atomic mass is 10.0. The Morgan fingerprint density at radius 3 is 2.95 bits per heavy atom. The maximum absolute atomic E-state index is 11.8. The molecule has 0 aromatic heterocycles. The molecule has 1 heterocycles. The largest absolute Gasteiger partial charge is 0.352 e. The van der Waals surface area contributed by atoms with Crippen LogP contribution in [0.25, 0.3) is 0 Å². The van der Waals surface area contributed by atoms with Crippen molar-refractivity contribution in [3.05, 3.63) is 35.9 Å². The van der Waals surface area contributed by atoms with Crippen LogP contribution in [0, 0.1) is 0 Å². The molecule has 4 heteroatoms. The molecule has 1 fully saturated rings. The van der Waals surface area contributed by atoms with Crippen LogP contribution < -0.4 is 5.32 Å². The van der Waals surface area contributed by atoms with E-state index in [4.69, 9.17) is 0 Å². The van der Waals surface area contributed by atoms with Gasteiger partial charge >= 0.3 is 0 Å². The highest BCUT2D eigenvalue weighted by atomic mass is 32.2. The minimum atomic E-state index is 0.208. The molecule has 0 saturated carbocycles. The summed E-state index contributed by atoms with van der Waals surface area (Å²) in [6.07, 6.45) is 6.07. The molecule has 0 aliphatic carbocycles. The van der Waals surface area contributed by atoms with Crippen LogP contribution in [0.5, 0.6) is 0 Å². The van der Waals surface area contributed by atoms with Gasteiger partial charge in [-0.15, -0.1) is 0 Å². The zero-order valence-electron chi connectivity index (χ0n) is 12.9. The first-order valence-corrected chi connectivity index (χ1v) is 9.22. The van der Waals surface area contributed by atoms with Gasteiger partial charge in [-0.1, -0.05) is 30.3 Å². The van der Waals surface area contributed by atoms with E-state index in [2.05, 4.69) is 40.5 Å². The van der Waals surface area contributed by atoms with Crippen molar-refractivity contribution in [3.63, 3.8) is 0 Å². The second-order valence-corrected chi connectivity index (χ2v) is 6.67. The first-order chi connectivity index (χ1) is 10.3. The number of carbonyl (C=O) groups excluding carboxylic acids is 1. The zero-order valence-corrected chi connectivity index (χ0v) is 13.7. The Morgan fingerprint density at radius 1 is 1.38 bits per heavy atom. The molecular weight excluding hydrogens is 280 g/mol. The predicted octanol–water partition coefficient (Wildman–Crippen LogP) is 2.56. The number of rotatable bonds is 7. The predicted molar refractivity (Wildman–Crippen MR) is 90.7 cm³/mol. The van der Waals surface area contributed by atoms with Gasteiger partial charge in [0.1, 0.15) is 0 Å². The van der Waals surface area contributed by atoms with Crippen molar-refractivity contribution in [1.29, 1.82) is 0 Å². The van der Waals surface area contributed by atoms with Crippen LogP contribution in [0.4, 0.5) is 0 Å². The molecule has 1 saturated heterocycles. The Hall–Kier alpha value is -1.00. The van der Waals surface area contributed by atoms with E-state index < -0.39 is 0 Å². The minimum absolute atomic E-state index is 0.208. The average Bonchev–Trinajstić information content (AvgIpc) is 2.52. The Balaban J connectivity index is 1.71. The van der Waals surface area contributed by atoms with Crippen molar-refractivity contribution in [2.24, 2.45) is 0 Å². The lowest BCUT2D eigenvalue weighted by Gasteiger charge is -2.33. The summed E-state index contributed by atoms with van der Waals surface area (Å²) in [5, 5.41) is 3.19. The van der Waals surface area contributed by atoms with Crippen LogP contribution in [0.3, 0.4) is 0 Å². The molecular formula is C17H26N2OS. The van der Waals surface area contributed by atoms with E-state index >= 15 is 0 Å². The topological polar surface area (TPSA) is 32.3 Å². The van der Waals surface area contributed by atoms with Gasteiger partial charge in [0.05, 0.1) is 0 Å². The number of amides is 1. The molecule has 1 aliphatic heterocycles. The molecule has 1 atom stereocenters. The van der Waals surface area contributed by atoms with Crippen molar-refractivity contribution in [2.75, 3.05) is 31.6 Å². The number of hydrogen-bond acceptors (Lipinski definition) is 3. The number of carbonyl (C=O) groups is 1. The van der Waals surface area contributed by atoms with Crippen LogP contribution in [-0.2, 0) is 11.2 Å². The third kappa shape index (κ3) is 6.10. The third-order valence-electron chi connectivity index (χ3n) is 3.96. The maximum atomic E-state index is 11.8. The molecule has 1 amide bonds. The Morgan fingerprint density at radius 2 is 2.19 bits per heavy atom. The summed E-state index contributed by atoms with van der Waals surface area (Å²) in [7, 11) is 0. The van der Waals surface area contributed by atoms with Gasteiger partial charge in [-0.3, -0.25) is 4.79 Å². The van der Waals surface area contributed by atoms with Gasteiger partial charge < -0.3 is 10.2 Å². The molecule has 21 heavy (non-hydrogen) atoms. The summed E-state index contributed by atoms with van der Waals surface area (Å²) in [6, 6.07) is 11.0. The van der Waals surface area contributed by atoms with E-state index in [1.165, 1.54) is 12.0 Å². The SMILES string of the molecule is CSCCC(=O)N[C@H]1CCCN(CCc2ccccc2)C1. The zero-order chi connectivity index (χ0) is 14.9. The fraction of sp³-hybridized carbons (Fsp3) is 0.588. The molecule has 116 valence electrons. The minimum Gasteiger partial charge on any atom is -0.352 e. The molecule has 1 aromatic carbocycles. The van der Waals surface area contributed by atoms with Crippen LogP contribution in [0.2, 0.25) is 0 Å². The highest BCUT2D eigenvalue weighted by molar-refractivity contribution is 7.98. The van der Waals surface area contributed by atoms with E-state index in [0.717, 1.165) is 38.2 Å². The number of benzene rings is 1. The number of nitrogens with zero attached hydrogens (tertiary/aromatic N) is 1. The summed E-state index contributed by atoms with van der Waals surface area (Å²) in [4.78, 5) is 14.3. The summed E-state index contributed by atoms with van der Waals surface area (Å²) < 4.78 is 0. The second kappa shape index (κ2) is 9.11. The van der Waals surface area contributed by atoms with Gasteiger partial charge in [0.25, 0.3) is 0 Å². The van der Waals surface area contributed by atoms with Gasteiger partial charge in [-0.25, -0.2) is 0 Å². The number of nitrogens with one attached hydrogen (secondary N) is 1. The van der Waals surface area contributed by atoms with E-state index in [1.807, 2.05) is 6.26 Å². The molecule has 2 rings (SSSR count). The van der Waals surface area contributed by atoms with E-state index in [-0.39, 0.29) is 5.91 Å². The fourth-order valence-corrected chi connectivity index (χ4v) is 3.19. The highest BCUT2D eigenvalue weighted by Gasteiger charge is 2.20. The smallest absolute Gasteiger partial charge is 0.221 e. The van der Waals surface area contributed by atoms with E-state index in [0.29, 0.717) is 12.5 Å². The van der Waals surface area contributed by atoms with Crippen molar-refractivity contribution in [2.45, 2.75) is 31.7 Å². The van der Waals surface area contributed by atoms with Gasteiger partial charge in [0.15, 0.2) is 0 Å². The van der Waals surface area contributed by atoms with Gasteiger partial charge in [-0.2, -0.15) is 11.8 Å². The Labute approximate surface area is 132 Å². The number of likely N-dealkylation sites (tertiary alicyclic amines) is 1. The molecule has 1 N–H and O–H groups in total. The van der Waals surface area contributed by atoms with Crippen LogP contribution in [0.15, 0.2) is 30.3 Å². The highest BCUT2D eigenvalue weighted by Crippen LogP contribution is 2.12. The van der Waals surface area contributed by atoms with Gasteiger partial charge in [-0.05, 0) is 37.6 Å². The Kier molecular flexibility index (Phi) is 7.10. The van der Waals surface area contributed by atoms with Crippen molar-refractivity contribution in [1.82, 2.24) is 10.2 Å². The lowest BCUT2D eigenvalue weighted by Crippen LogP contribution is -2.48. The monoisotopic (exact) mass is 306 g/mol. The van der Waals surface area contributed by atoms with Crippen molar-refractivity contribution >= 4 is 17.7 Å². The molecule has 3 nitrogen and oxygen atoms in total. The summed E-state index contributed by atoms with van der Waals surface area (Å²) in [6.45, 7) is 3.24. The standard InChI is InChI=1S/C17H26N2OS/c1-21-13-10-17(20)18-16-8-5-11-19(14-16)12-9-15-6-3-2-4-7-15/h2-4,6-7,16H,5,8-14H2,1H3,(H,18,20)/t16-/m0/s1. The normalized spacial score (nSPS) is 19.4. The molecule has 0 unspecified atom stereocenters. The molecule has 1 aromatic rings. The number of hydrogen-bond donors (Lipinski definition) is 1. The van der Waals surface area contributed by atoms with Crippen LogP contribution in [0.1, 0.15) is 24.8 Å². The van der Waals surface area contributed by atoms with Crippen molar-refractivity contribution in [3.8, 4) is 0 Å². The Bertz CT molecular complexity index is 424.